The number of likely N-dealkylation sites (tertiary alicyclic amines) is 1. The van der Waals surface area contributed by atoms with Gasteiger partial charge in [-0.1, -0.05) is 12.1 Å². The van der Waals surface area contributed by atoms with Crippen LogP contribution in [-0.4, -0.2) is 76.4 Å². The largest absolute Gasteiger partial charge is 0.367 e. The van der Waals surface area contributed by atoms with Crippen molar-refractivity contribution in [3.8, 4) is 0 Å². The molecule has 0 saturated carbocycles. The Balaban J connectivity index is 1.47. The molecular formula is C25H34N2O9. The minimum atomic E-state index is -2.02. The average Bonchev–Trinajstić information content (AvgIpc) is 2.87. The molecule has 0 spiro atoms. The van der Waals surface area contributed by atoms with Crippen molar-refractivity contribution in [3.05, 3.63) is 39.9 Å². The fourth-order valence-corrected chi connectivity index (χ4v) is 5.37. The lowest BCUT2D eigenvalue weighted by molar-refractivity contribution is -0.384. The molecule has 0 aromatic heterocycles. The quantitative estimate of drug-likeness (QED) is 0.199. The molecule has 3 heterocycles. The molecule has 11 nitrogen and oxygen atoms in total. The van der Waals surface area contributed by atoms with Gasteiger partial charge in [-0.15, -0.1) is 0 Å². The Hall–Kier alpha value is -2.44. The Morgan fingerprint density at radius 3 is 2.39 bits per heavy atom. The predicted molar refractivity (Wildman–Crippen MR) is 125 cm³/mol. The van der Waals surface area contributed by atoms with E-state index in [1.165, 1.54) is 24.3 Å². The minimum Gasteiger partial charge on any atom is -0.367 e. The van der Waals surface area contributed by atoms with Gasteiger partial charge in [-0.2, -0.15) is 0 Å². The van der Waals surface area contributed by atoms with Crippen LogP contribution >= 0.6 is 0 Å². The number of benzene rings is 1. The number of amides is 1. The average molecular weight is 507 g/mol. The summed E-state index contributed by atoms with van der Waals surface area (Å²) < 4.78 is 17.3. The zero-order chi connectivity index (χ0) is 25.7. The van der Waals surface area contributed by atoms with Crippen molar-refractivity contribution in [2.75, 3.05) is 19.8 Å². The molecule has 5 unspecified atom stereocenters. The first kappa shape index (κ1) is 26.6. The van der Waals surface area contributed by atoms with E-state index in [-0.39, 0.29) is 24.3 Å². The first-order valence-corrected chi connectivity index (χ1v) is 12.7. The van der Waals surface area contributed by atoms with E-state index in [1.54, 1.807) is 4.90 Å². The number of hydrogen-bond donors (Lipinski definition) is 2. The number of ether oxygens (including phenoxy) is 3. The van der Waals surface area contributed by atoms with E-state index in [0.717, 1.165) is 32.1 Å². The topological polar surface area (TPSA) is 149 Å². The highest BCUT2D eigenvalue weighted by Gasteiger charge is 2.56. The molecule has 198 valence electrons. The first-order valence-electron chi connectivity index (χ1n) is 12.7. The lowest BCUT2D eigenvalue weighted by Crippen LogP contribution is -2.69. The van der Waals surface area contributed by atoms with Crippen LogP contribution in [0.25, 0.3) is 0 Å². The number of β-lactam (4-membered cyclic amide) rings is 1. The normalized spacial score (nSPS) is 27.5. The molecule has 36 heavy (non-hydrogen) atoms. The maximum absolute atomic E-state index is 13.3. The fourth-order valence-electron chi connectivity index (χ4n) is 5.37. The molecule has 1 amide bonds. The van der Waals surface area contributed by atoms with Gasteiger partial charge in [0.2, 0.25) is 5.91 Å². The third-order valence-corrected chi connectivity index (χ3v) is 7.24. The molecule has 0 aliphatic carbocycles. The zero-order valence-electron chi connectivity index (χ0n) is 20.2. The van der Waals surface area contributed by atoms with Gasteiger partial charge in [-0.05, 0) is 50.5 Å². The molecule has 0 radical (unpaired) electrons. The van der Waals surface area contributed by atoms with Gasteiger partial charge in [0.1, 0.15) is 12.0 Å². The van der Waals surface area contributed by atoms with Gasteiger partial charge in [-0.3, -0.25) is 19.7 Å². The number of ketones is 1. The van der Waals surface area contributed by atoms with E-state index >= 15 is 0 Å². The van der Waals surface area contributed by atoms with Gasteiger partial charge in [0, 0.05) is 37.8 Å². The Bertz CT molecular complexity index is 911. The first-order chi connectivity index (χ1) is 17.4. The van der Waals surface area contributed by atoms with Crippen LogP contribution in [0.1, 0.15) is 50.5 Å². The van der Waals surface area contributed by atoms with Crippen molar-refractivity contribution in [3.63, 3.8) is 0 Å². The monoisotopic (exact) mass is 506 g/mol. The molecule has 3 fully saturated rings. The van der Waals surface area contributed by atoms with Crippen LogP contribution in [-0.2, 0) is 30.2 Å². The Morgan fingerprint density at radius 2 is 1.81 bits per heavy atom. The van der Waals surface area contributed by atoms with E-state index in [2.05, 4.69) is 0 Å². The number of rotatable bonds is 11. The number of nitro groups is 1. The highest BCUT2D eigenvalue weighted by molar-refractivity contribution is 5.94. The summed E-state index contributed by atoms with van der Waals surface area (Å²) in [4.78, 5) is 38.5. The highest BCUT2D eigenvalue weighted by atomic mass is 16.7. The summed E-state index contributed by atoms with van der Waals surface area (Å²) in [5.74, 6) is -3.10. The minimum absolute atomic E-state index is 0.107. The number of non-ortho nitro benzene ring substituents is 1. The van der Waals surface area contributed by atoms with Crippen molar-refractivity contribution in [2.45, 2.75) is 76.2 Å². The van der Waals surface area contributed by atoms with Crippen LogP contribution in [0.15, 0.2) is 24.3 Å². The van der Waals surface area contributed by atoms with Crippen molar-refractivity contribution >= 4 is 17.4 Å². The van der Waals surface area contributed by atoms with E-state index in [0.29, 0.717) is 38.2 Å². The van der Waals surface area contributed by atoms with E-state index in [1.807, 2.05) is 0 Å². The lowest BCUT2D eigenvalue weighted by Gasteiger charge is -2.53. The molecule has 2 N–H and O–H groups in total. The number of Topliss-reactive ketones (excluding diaryl/α,β-unsaturated/α-hetero) is 1. The second kappa shape index (κ2) is 12.2. The van der Waals surface area contributed by atoms with Gasteiger partial charge < -0.3 is 29.3 Å². The summed E-state index contributed by atoms with van der Waals surface area (Å²) in [5.41, 5.74) is 0.383. The van der Waals surface area contributed by atoms with Crippen molar-refractivity contribution in [1.82, 2.24) is 4.90 Å². The second-order valence-corrected chi connectivity index (χ2v) is 9.62. The molecule has 3 saturated heterocycles. The van der Waals surface area contributed by atoms with Gasteiger partial charge >= 0.3 is 0 Å². The van der Waals surface area contributed by atoms with E-state index < -0.39 is 41.1 Å². The number of aliphatic hydroxyl groups is 2. The molecular weight excluding hydrogens is 472 g/mol. The summed E-state index contributed by atoms with van der Waals surface area (Å²) in [6.07, 6.45) is 2.85. The van der Waals surface area contributed by atoms with Crippen LogP contribution in [0.2, 0.25) is 0 Å². The summed E-state index contributed by atoms with van der Waals surface area (Å²) in [5, 5.41) is 31.2. The number of carbonyl (C=O) groups is 2. The molecule has 1 aromatic rings. The Morgan fingerprint density at radius 1 is 1.11 bits per heavy atom. The maximum Gasteiger partial charge on any atom is 0.269 e. The number of nitro benzene ring substituents is 1. The fraction of sp³-hybridized carbons (Fsp3) is 0.680. The third-order valence-electron chi connectivity index (χ3n) is 7.24. The molecule has 0 bridgehead atoms. The molecule has 1 aromatic carbocycles. The standard InChI is InChI=1S/C25H34N2O9/c28-19(15-16-7-9-17(10-8-16)27(32)33)23(25(30)31)22-18(11-14-36-21-6-2-4-13-35-21)26(24(22)29)20-5-1-3-12-34-20/h7-10,18,20-23,25,30-31H,1-6,11-15H2. The van der Waals surface area contributed by atoms with Crippen LogP contribution in [0.5, 0.6) is 0 Å². The van der Waals surface area contributed by atoms with Gasteiger partial charge in [0.05, 0.1) is 23.4 Å². The number of carbonyl (C=O) groups excluding carboxylic acids is 2. The van der Waals surface area contributed by atoms with Crippen LogP contribution < -0.4 is 0 Å². The Kier molecular flexibility index (Phi) is 9.02. The molecule has 5 atom stereocenters. The predicted octanol–water partition coefficient (Wildman–Crippen LogP) is 1.92. The number of nitrogens with zero attached hydrogens (tertiary/aromatic N) is 2. The Labute approximate surface area is 209 Å². The zero-order valence-corrected chi connectivity index (χ0v) is 20.2. The summed E-state index contributed by atoms with van der Waals surface area (Å²) in [6, 6.07) is 5.04. The summed E-state index contributed by atoms with van der Waals surface area (Å²) in [7, 11) is 0. The number of aliphatic hydroxyl groups excluding tert-OH is 1. The van der Waals surface area contributed by atoms with Gasteiger partial charge in [0.15, 0.2) is 12.6 Å². The van der Waals surface area contributed by atoms with E-state index in [9.17, 15) is 29.9 Å². The smallest absolute Gasteiger partial charge is 0.269 e. The molecule has 3 aliphatic rings. The lowest BCUT2D eigenvalue weighted by atomic mass is 9.72. The third kappa shape index (κ3) is 6.09. The second-order valence-electron chi connectivity index (χ2n) is 9.62. The summed E-state index contributed by atoms with van der Waals surface area (Å²) in [6.45, 7) is 1.49. The number of hydrogen-bond acceptors (Lipinski definition) is 9. The van der Waals surface area contributed by atoms with E-state index in [4.69, 9.17) is 14.2 Å². The molecule has 11 heteroatoms. The summed E-state index contributed by atoms with van der Waals surface area (Å²) >= 11 is 0. The molecule has 3 aliphatic heterocycles. The maximum atomic E-state index is 13.3. The van der Waals surface area contributed by atoms with Crippen LogP contribution in [0.4, 0.5) is 5.69 Å². The highest BCUT2D eigenvalue weighted by Crippen LogP contribution is 2.40. The van der Waals surface area contributed by atoms with Crippen molar-refractivity contribution < 1.29 is 38.9 Å². The molecule has 4 rings (SSSR count). The van der Waals surface area contributed by atoms with Gasteiger partial charge in [0.25, 0.3) is 5.69 Å². The van der Waals surface area contributed by atoms with Crippen molar-refractivity contribution in [2.24, 2.45) is 11.8 Å². The van der Waals surface area contributed by atoms with Crippen LogP contribution in [0.3, 0.4) is 0 Å². The van der Waals surface area contributed by atoms with Crippen LogP contribution in [0, 0.1) is 22.0 Å². The van der Waals surface area contributed by atoms with Crippen molar-refractivity contribution in [1.29, 1.82) is 0 Å². The van der Waals surface area contributed by atoms with Gasteiger partial charge in [-0.25, -0.2) is 0 Å². The SMILES string of the molecule is O=C(Cc1ccc([N+](=O)[O-])cc1)C(C(O)O)C1C(=O)N(C2CCCCO2)C1CCOC1CCCCO1.